The summed E-state index contributed by atoms with van der Waals surface area (Å²) in [6.07, 6.45) is 0.583. The Morgan fingerprint density at radius 2 is 1.10 bits per heavy atom. The summed E-state index contributed by atoms with van der Waals surface area (Å²) < 4.78 is 76.6. The van der Waals surface area contributed by atoms with E-state index in [-0.39, 0.29) is 11.3 Å². The SMILES string of the molecule is CCCCCc1ccc(C(F)(F)Oc2ccc(-c3ccc(-c4ccc(-c5ccc(F)c(F)c5)cc4)c(F)c3)cc2)cc1. The number of hydrogen-bond acceptors (Lipinski definition) is 1. The number of unbranched alkanes of at least 4 members (excludes halogenated alkanes) is 2. The molecule has 0 spiro atoms. The van der Waals surface area contributed by atoms with Gasteiger partial charge in [0.05, 0.1) is 5.56 Å². The number of benzene rings is 5. The molecule has 0 unspecified atom stereocenters. The molecule has 0 atom stereocenters. The van der Waals surface area contributed by atoms with Gasteiger partial charge in [-0.05, 0) is 88.7 Å². The van der Waals surface area contributed by atoms with Gasteiger partial charge in [-0.25, -0.2) is 13.2 Å². The molecule has 6 heteroatoms. The van der Waals surface area contributed by atoms with Crippen LogP contribution >= 0.6 is 0 Å². The fourth-order valence-corrected chi connectivity index (χ4v) is 4.81. The van der Waals surface area contributed by atoms with Crippen LogP contribution in [0.15, 0.2) is 109 Å². The lowest BCUT2D eigenvalue weighted by atomic mass is 9.97. The Balaban J connectivity index is 1.26. The standard InChI is InChI=1S/C36H29F5O/c1-2-3-4-5-24-6-16-30(17-7-24)36(40,41)42-31-18-12-26(13-19-31)28-14-20-32(34(38)22-28)27-10-8-25(9-11-27)29-15-21-33(37)35(39)23-29/h6-23H,2-5H2,1H3. The Hall–Kier alpha value is -4.45. The summed E-state index contributed by atoms with van der Waals surface area (Å²) in [7, 11) is 0. The second-order valence-electron chi connectivity index (χ2n) is 10.2. The van der Waals surface area contributed by atoms with Gasteiger partial charge in [0.25, 0.3) is 0 Å². The minimum Gasteiger partial charge on any atom is -0.429 e. The number of ether oxygens (including phenoxy) is 1. The van der Waals surface area contributed by atoms with E-state index < -0.39 is 23.6 Å². The van der Waals surface area contributed by atoms with Gasteiger partial charge < -0.3 is 4.74 Å². The van der Waals surface area contributed by atoms with Gasteiger partial charge in [-0.2, -0.15) is 8.78 Å². The normalized spacial score (nSPS) is 11.5. The molecular weight excluding hydrogens is 543 g/mol. The first kappa shape index (κ1) is 29.1. The molecule has 0 aliphatic rings. The number of aryl methyl sites for hydroxylation is 1. The predicted octanol–water partition coefficient (Wildman–Crippen LogP) is 11.0. The van der Waals surface area contributed by atoms with Crippen LogP contribution in [0.25, 0.3) is 33.4 Å². The second kappa shape index (κ2) is 12.6. The van der Waals surface area contributed by atoms with Gasteiger partial charge in [-0.3, -0.25) is 0 Å². The predicted molar refractivity (Wildman–Crippen MR) is 157 cm³/mol. The molecule has 5 aromatic rings. The summed E-state index contributed by atoms with van der Waals surface area (Å²) in [6, 6.07) is 27.6. The second-order valence-corrected chi connectivity index (χ2v) is 10.2. The van der Waals surface area contributed by atoms with E-state index in [1.54, 1.807) is 60.7 Å². The maximum Gasteiger partial charge on any atom is 0.426 e. The molecule has 0 aliphatic heterocycles. The lowest BCUT2D eigenvalue weighted by Gasteiger charge is -2.19. The minimum absolute atomic E-state index is 0.00556. The van der Waals surface area contributed by atoms with Gasteiger partial charge in [0, 0.05) is 5.56 Å². The van der Waals surface area contributed by atoms with Crippen LogP contribution in [0.2, 0.25) is 0 Å². The lowest BCUT2D eigenvalue weighted by molar-refractivity contribution is -0.185. The number of halogens is 5. The van der Waals surface area contributed by atoms with E-state index in [1.165, 1.54) is 36.4 Å². The molecule has 1 nitrogen and oxygen atoms in total. The zero-order chi connectivity index (χ0) is 29.7. The maximum atomic E-state index is 15.1. The average Bonchev–Trinajstić information content (AvgIpc) is 2.99. The van der Waals surface area contributed by atoms with E-state index >= 15 is 4.39 Å². The molecular formula is C36H29F5O. The third-order valence-electron chi connectivity index (χ3n) is 7.21. The van der Waals surface area contributed by atoms with Crippen molar-refractivity contribution in [2.24, 2.45) is 0 Å². The smallest absolute Gasteiger partial charge is 0.426 e. The molecule has 0 fully saturated rings. The fraction of sp³-hybridized carbons (Fsp3) is 0.167. The summed E-state index contributed by atoms with van der Waals surface area (Å²) in [5.74, 6) is -2.32. The topological polar surface area (TPSA) is 9.23 Å². The van der Waals surface area contributed by atoms with Crippen molar-refractivity contribution in [2.45, 2.75) is 38.7 Å². The van der Waals surface area contributed by atoms with E-state index in [0.717, 1.165) is 43.4 Å². The van der Waals surface area contributed by atoms with E-state index in [9.17, 15) is 17.6 Å². The Kier molecular flexibility index (Phi) is 8.72. The van der Waals surface area contributed by atoms with Crippen LogP contribution in [-0.4, -0.2) is 0 Å². The molecule has 0 N–H and O–H groups in total. The number of hydrogen-bond donors (Lipinski definition) is 0. The van der Waals surface area contributed by atoms with Gasteiger partial charge in [-0.1, -0.05) is 86.5 Å². The van der Waals surface area contributed by atoms with Crippen molar-refractivity contribution in [3.63, 3.8) is 0 Å². The molecule has 214 valence electrons. The van der Waals surface area contributed by atoms with E-state index in [4.69, 9.17) is 4.74 Å². The van der Waals surface area contributed by atoms with E-state index in [1.807, 2.05) is 0 Å². The highest BCUT2D eigenvalue weighted by Crippen LogP contribution is 2.34. The zero-order valence-corrected chi connectivity index (χ0v) is 23.0. The Labute approximate surface area is 242 Å². The van der Waals surface area contributed by atoms with Crippen molar-refractivity contribution in [2.75, 3.05) is 0 Å². The van der Waals surface area contributed by atoms with Crippen LogP contribution in [0.4, 0.5) is 22.0 Å². The van der Waals surface area contributed by atoms with Gasteiger partial charge >= 0.3 is 6.11 Å². The third-order valence-corrected chi connectivity index (χ3v) is 7.21. The Morgan fingerprint density at radius 3 is 1.69 bits per heavy atom. The molecule has 0 bridgehead atoms. The highest BCUT2D eigenvalue weighted by atomic mass is 19.3. The summed E-state index contributed by atoms with van der Waals surface area (Å²) >= 11 is 0. The largest absolute Gasteiger partial charge is 0.429 e. The third kappa shape index (κ3) is 6.71. The molecule has 5 aromatic carbocycles. The van der Waals surface area contributed by atoms with Crippen LogP contribution in [-0.2, 0) is 12.5 Å². The molecule has 0 saturated carbocycles. The van der Waals surface area contributed by atoms with Crippen molar-refractivity contribution in [3.05, 3.63) is 138 Å². The van der Waals surface area contributed by atoms with Crippen molar-refractivity contribution in [1.29, 1.82) is 0 Å². The maximum absolute atomic E-state index is 15.1. The fourth-order valence-electron chi connectivity index (χ4n) is 4.81. The first-order valence-electron chi connectivity index (χ1n) is 13.9. The van der Waals surface area contributed by atoms with Crippen LogP contribution in [0.3, 0.4) is 0 Å². The molecule has 0 radical (unpaired) electrons. The highest BCUT2D eigenvalue weighted by Gasteiger charge is 2.34. The highest BCUT2D eigenvalue weighted by molar-refractivity contribution is 5.74. The zero-order valence-electron chi connectivity index (χ0n) is 23.0. The van der Waals surface area contributed by atoms with Crippen molar-refractivity contribution in [1.82, 2.24) is 0 Å². The van der Waals surface area contributed by atoms with E-state index in [0.29, 0.717) is 33.4 Å². The summed E-state index contributed by atoms with van der Waals surface area (Å²) in [6.45, 7) is 2.12. The van der Waals surface area contributed by atoms with Crippen LogP contribution in [0, 0.1) is 17.5 Å². The van der Waals surface area contributed by atoms with Crippen LogP contribution in [0.5, 0.6) is 5.75 Å². The van der Waals surface area contributed by atoms with Crippen molar-refractivity contribution >= 4 is 0 Å². The van der Waals surface area contributed by atoms with Gasteiger partial charge in [0.1, 0.15) is 11.6 Å². The van der Waals surface area contributed by atoms with Crippen molar-refractivity contribution in [3.8, 4) is 39.1 Å². The lowest BCUT2D eigenvalue weighted by Crippen LogP contribution is -2.21. The molecule has 42 heavy (non-hydrogen) atoms. The monoisotopic (exact) mass is 572 g/mol. The molecule has 0 saturated heterocycles. The first-order chi connectivity index (χ1) is 20.2. The molecule has 0 aromatic heterocycles. The van der Waals surface area contributed by atoms with Gasteiger partial charge in [0.15, 0.2) is 11.6 Å². The van der Waals surface area contributed by atoms with Crippen LogP contribution < -0.4 is 4.74 Å². The quantitative estimate of drug-likeness (QED) is 0.119. The first-order valence-corrected chi connectivity index (χ1v) is 13.9. The van der Waals surface area contributed by atoms with Gasteiger partial charge in [0.2, 0.25) is 0 Å². The molecule has 0 amide bonds. The van der Waals surface area contributed by atoms with E-state index in [2.05, 4.69) is 6.92 Å². The van der Waals surface area contributed by atoms with Crippen molar-refractivity contribution < 1.29 is 26.7 Å². The summed E-state index contributed by atoms with van der Waals surface area (Å²) in [5.41, 5.74) is 4.18. The Bertz CT molecular complexity index is 1640. The number of rotatable bonds is 10. The minimum atomic E-state index is -3.50. The Morgan fingerprint density at radius 1 is 0.548 bits per heavy atom. The van der Waals surface area contributed by atoms with Gasteiger partial charge in [-0.15, -0.1) is 0 Å². The summed E-state index contributed by atoms with van der Waals surface area (Å²) in [5, 5.41) is 0. The van der Waals surface area contributed by atoms with Crippen LogP contribution in [0.1, 0.15) is 37.3 Å². The average molecular weight is 573 g/mol. The molecule has 0 aliphatic carbocycles. The molecule has 5 rings (SSSR count). The summed E-state index contributed by atoms with van der Waals surface area (Å²) in [4.78, 5) is 0. The molecule has 0 heterocycles. The number of alkyl halides is 2.